The Labute approximate surface area is 97.6 Å². The third-order valence-corrected chi connectivity index (χ3v) is 2.16. The number of methoxy groups -OCH3 is 1. The summed E-state index contributed by atoms with van der Waals surface area (Å²) >= 11 is 0. The van der Waals surface area contributed by atoms with Gasteiger partial charge in [0.15, 0.2) is 6.04 Å². The van der Waals surface area contributed by atoms with Crippen LogP contribution in [0.4, 0.5) is 0 Å². The van der Waals surface area contributed by atoms with E-state index >= 15 is 0 Å². The van der Waals surface area contributed by atoms with E-state index in [1.54, 1.807) is 6.92 Å². The fraction of sp³-hybridized carbons (Fsp3) is 0.556. The second kappa shape index (κ2) is 5.94. The number of aromatic nitrogens is 3. The summed E-state index contributed by atoms with van der Waals surface area (Å²) in [5, 5.41) is 15.0. The van der Waals surface area contributed by atoms with Gasteiger partial charge in [-0.3, -0.25) is 4.79 Å². The van der Waals surface area contributed by atoms with E-state index in [-0.39, 0.29) is 6.61 Å². The summed E-state index contributed by atoms with van der Waals surface area (Å²) in [7, 11) is 1.36. The second-order valence-electron chi connectivity index (χ2n) is 3.41. The van der Waals surface area contributed by atoms with Gasteiger partial charge in [-0.15, -0.1) is 0 Å². The van der Waals surface area contributed by atoms with Gasteiger partial charge in [0.1, 0.15) is 18.7 Å². The predicted molar refractivity (Wildman–Crippen MR) is 56.2 cm³/mol. The molecule has 1 heterocycles. The zero-order chi connectivity index (χ0) is 12.8. The van der Waals surface area contributed by atoms with E-state index in [4.69, 9.17) is 9.84 Å². The van der Waals surface area contributed by atoms with Crippen molar-refractivity contribution in [2.24, 2.45) is 0 Å². The zero-order valence-corrected chi connectivity index (χ0v) is 9.53. The second-order valence-corrected chi connectivity index (χ2v) is 3.41. The summed E-state index contributed by atoms with van der Waals surface area (Å²) in [6, 6.07) is -1.70. The van der Waals surface area contributed by atoms with E-state index in [2.05, 4.69) is 15.4 Å². The van der Waals surface area contributed by atoms with Crippen molar-refractivity contribution in [3.63, 3.8) is 0 Å². The van der Waals surface area contributed by atoms with Crippen LogP contribution in [-0.2, 0) is 14.3 Å². The van der Waals surface area contributed by atoms with Crippen LogP contribution in [-0.4, -0.2) is 51.5 Å². The van der Waals surface area contributed by atoms with Gasteiger partial charge in [0.25, 0.3) is 0 Å². The number of ether oxygens (including phenoxy) is 1. The highest BCUT2D eigenvalue weighted by molar-refractivity contribution is 5.85. The van der Waals surface area contributed by atoms with Crippen LogP contribution in [0.25, 0.3) is 0 Å². The Kier molecular flexibility index (Phi) is 4.58. The molecule has 17 heavy (non-hydrogen) atoms. The number of carbonyl (C=O) groups excluding carboxylic acids is 1. The molecule has 0 fully saturated rings. The molecule has 0 aliphatic heterocycles. The van der Waals surface area contributed by atoms with E-state index in [1.165, 1.54) is 24.4 Å². The number of nitrogens with zero attached hydrogens (tertiary/aromatic N) is 3. The molecule has 0 aliphatic carbocycles. The molecular formula is C9H14N4O4. The first-order valence-corrected chi connectivity index (χ1v) is 4.92. The molecule has 94 valence electrons. The van der Waals surface area contributed by atoms with Crippen LogP contribution >= 0.6 is 0 Å². The number of hydrogen-bond acceptors (Lipinski definition) is 5. The molecule has 0 radical (unpaired) electrons. The SMILES string of the molecule is COCC(NC(=O)C(C)n1cncn1)C(=O)O. The summed E-state index contributed by atoms with van der Waals surface area (Å²) in [5.74, 6) is -1.61. The summed E-state index contributed by atoms with van der Waals surface area (Å²) in [5.41, 5.74) is 0. The van der Waals surface area contributed by atoms with Gasteiger partial charge in [-0.25, -0.2) is 14.5 Å². The van der Waals surface area contributed by atoms with Crippen LogP contribution in [0, 0.1) is 0 Å². The summed E-state index contributed by atoms with van der Waals surface area (Å²) in [6.45, 7) is 1.50. The average molecular weight is 242 g/mol. The summed E-state index contributed by atoms with van der Waals surface area (Å²) in [4.78, 5) is 26.2. The molecule has 8 nitrogen and oxygen atoms in total. The Hall–Kier alpha value is -1.96. The maximum absolute atomic E-state index is 11.7. The van der Waals surface area contributed by atoms with E-state index < -0.39 is 24.0 Å². The lowest BCUT2D eigenvalue weighted by Gasteiger charge is -2.17. The van der Waals surface area contributed by atoms with Crippen LogP contribution in [0.1, 0.15) is 13.0 Å². The van der Waals surface area contributed by atoms with Crippen molar-refractivity contribution in [1.82, 2.24) is 20.1 Å². The first kappa shape index (κ1) is 13.1. The Morgan fingerprint density at radius 1 is 1.59 bits per heavy atom. The standard InChI is InChI=1S/C9H14N4O4/c1-6(13-5-10-4-11-13)8(14)12-7(3-17-2)9(15)16/h4-7H,3H2,1-2H3,(H,12,14)(H,15,16). The van der Waals surface area contributed by atoms with Gasteiger partial charge in [-0.1, -0.05) is 0 Å². The largest absolute Gasteiger partial charge is 0.480 e. The minimum absolute atomic E-state index is 0.0921. The van der Waals surface area contributed by atoms with E-state index in [0.717, 1.165) is 0 Å². The van der Waals surface area contributed by atoms with Gasteiger partial charge in [0.05, 0.1) is 6.61 Å². The number of amides is 1. The van der Waals surface area contributed by atoms with E-state index in [0.29, 0.717) is 0 Å². The molecule has 0 aromatic carbocycles. The smallest absolute Gasteiger partial charge is 0.328 e. The lowest BCUT2D eigenvalue weighted by atomic mass is 10.2. The van der Waals surface area contributed by atoms with Gasteiger partial charge < -0.3 is 15.2 Å². The molecule has 0 saturated carbocycles. The van der Waals surface area contributed by atoms with Gasteiger partial charge in [0, 0.05) is 7.11 Å². The highest BCUT2D eigenvalue weighted by atomic mass is 16.5. The predicted octanol–water partition coefficient (Wildman–Crippen LogP) is -0.945. The van der Waals surface area contributed by atoms with Crippen LogP contribution in [0.5, 0.6) is 0 Å². The highest BCUT2D eigenvalue weighted by Crippen LogP contribution is 2.02. The molecule has 0 spiro atoms. The average Bonchev–Trinajstić information content (AvgIpc) is 2.80. The van der Waals surface area contributed by atoms with E-state index in [9.17, 15) is 9.59 Å². The molecule has 0 bridgehead atoms. The molecule has 0 aliphatic rings. The Morgan fingerprint density at radius 3 is 2.76 bits per heavy atom. The minimum atomic E-state index is -1.15. The lowest BCUT2D eigenvalue weighted by Crippen LogP contribution is -2.46. The third kappa shape index (κ3) is 3.52. The Balaban J connectivity index is 2.61. The van der Waals surface area contributed by atoms with Gasteiger partial charge in [0.2, 0.25) is 5.91 Å². The molecule has 0 saturated heterocycles. The van der Waals surface area contributed by atoms with Crippen LogP contribution in [0.15, 0.2) is 12.7 Å². The third-order valence-electron chi connectivity index (χ3n) is 2.16. The fourth-order valence-electron chi connectivity index (χ4n) is 1.17. The van der Waals surface area contributed by atoms with Crippen molar-refractivity contribution < 1.29 is 19.4 Å². The topological polar surface area (TPSA) is 106 Å². The first-order chi connectivity index (χ1) is 8.06. The van der Waals surface area contributed by atoms with Crippen LogP contribution in [0.3, 0.4) is 0 Å². The molecule has 2 N–H and O–H groups in total. The normalized spacial score (nSPS) is 14.0. The van der Waals surface area contributed by atoms with Gasteiger partial charge in [-0.2, -0.15) is 5.10 Å². The highest BCUT2D eigenvalue weighted by Gasteiger charge is 2.23. The van der Waals surface area contributed by atoms with Crippen molar-refractivity contribution in [1.29, 1.82) is 0 Å². The van der Waals surface area contributed by atoms with E-state index in [1.807, 2.05) is 0 Å². The van der Waals surface area contributed by atoms with Crippen molar-refractivity contribution >= 4 is 11.9 Å². The molecule has 2 atom stereocenters. The fourth-order valence-corrected chi connectivity index (χ4v) is 1.17. The Morgan fingerprint density at radius 2 is 2.29 bits per heavy atom. The van der Waals surface area contributed by atoms with Gasteiger partial charge >= 0.3 is 5.97 Å². The Bertz CT molecular complexity index is 378. The van der Waals surface area contributed by atoms with Crippen molar-refractivity contribution in [3.8, 4) is 0 Å². The van der Waals surface area contributed by atoms with Gasteiger partial charge in [-0.05, 0) is 6.92 Å². The van der Waals surface area contributed by atoms with Crippen LogP contribution in [0.2, 0.25) is 0 Å². The molecule has 1 rings (SSSR count). The first-order valence-electron chi connectivity index (χ1n) is 4.92. The molecular weight excluding hydrogens is 228 g/mol. The number of hydrogen-bond donors (Lipinski definition) is 2. The lowest BCUT2D eigenvalue weighted by molar-refractivity contribution is -0.143. The number of rotatable bonds is 6. The monoisotopic (exact) mass is 242 g/mol. The zero-order valence-electron chi connectivity index (χ0n) is 9.53. The number of nitrogens with one attached hydrogen (secondary N) is 1. The maximum Gasteiger partial charge on any atom is 0.328 e. The molecule has 1 amide bonds. The molecule has 2 unspecified atom stereocenters. The number of carboxylic acids is 1. The molecule has 1 aromatic heterocycles. The van der Waals surface area contributed by atoms with Crippen molar-refractivity contribution in [2.45, 2.75) is 19.0 Å². The molecule has 1 aromatic rings. The number of aliphatic carboxylic acids is 1. The quantitative estimate of drug-likeness (QED) is 0.666. The van der Waals surface area contributed by atoms with Crippen molar-refractivity contribution in [2.75, 3.05) is 13.7 Å². The number of carboxylic acid groups (broad SMARTS) is 1. The molecule has 8 heteroatoms. The summed E-state index contributed by atoms with van der Waals surface area (Å²) in [6.07, 6.45) is 2.68. The maximum atomic E-state index is 11.7. The number of carbonyl (C=O) groups is 2. The van der Waals surface area contributed by atoms with Crippen LogP contribution < -0.4 is 5.32 Å². The van der Waals surface area contributed by atoms with Crippen molar-refractivity contribution in [3.05, 3.63) is 12.7 Å². The minimum Gasteiger partial charge on any atom is -0.480 e. The summed E-state index contributed by atoms with van der Waals surface area (Å²) < 4.78 is 6.04.